The van der Waals surface area contributed by atoms with E-state index in [0.29, 0.717) is 0 Å². The Morgan fingerprint density at radius 1 is 1.56 bits per heavy atom. The van der Waals surface area contributed by atoms with Crippen LogP contribution in [0.1, 0.15) is 13.8 Å². The van der Waals surface area contributed by atoms with Gasteiger partial charge in [-0.05, 0) is 12.5 Å². The van der Waals surface area contributed by atoms with Crippen LogP contribution >= 0.6 is 0 Å². The monoisotopic (exact) mass is 125 g/mol. The summed E-state index contributed by atoms with van der Waals surface area (Å²) < 4.78 is 0. The van der Waals surface area contributed by atoms with Crippen LogP contribution in [0.4, 0.5) is 0 Å². The number of carbonyl (C=O) groups excluding carboxylic acids is 1. The van der Waals surface area contributed by atoms with Crippen molar-refractivity contribution in [2.45, 2.75) is 13.8 Å². The van der Waals surface area contributed by atoms with E-state index in [1.54, 1.807) is 12.3 Å². The van der Waals surface area contributed by atoms with Gasteiger partial charge in [0.25, 0.3) is 0 Å². The van der Waals surface area contributed by atoms with E-state index in [0.717, 1.165) is 5.57 Å². The van der Waals surface area contributed by atoms with E-state index >= 15 is 0 Å². The maximum absolute atomic E-state index is 10.3. The molecule has 0 aliphatic rings. The average Bonchev–Trinajstić information content (AvgIpc) is 1.83. The van der Waals surface area contributed by atoms with Gasteiger partial charge in [-0.25, -0.2) is 0 Å². The summed E-state index contributed by atoms with van der Waals surface area (Å²) in [5, 5.41) is 2.52. The highest BCUT2D eigenvalue weighted by Gasteiger charge is 1.82. The molecule has 9 heavy (non-hydrogen) atoms. The summed E-state index contributed by atoms with van der Waals surface area (Å²) in [6.45, 7) is 6.85. The van der Waals surface area contributed by atoms with Gasteiger partial charge >= 0.3 is 0 Å². The van der Waals surface area contributed by atoms with E-state index < -0.39 is 0 Å². The highest BCUT2D eigenvalue weighted by Crippen LogP contribution is 1.87. The first-order chi connectivity index (χ1) is 4.16. The number of nitrogens with one attached hydrogen (secondary N) is 1. The van der Waals surface area contributed by atoms with Crippen LogP contribution in [0.3, 0.4) is 0 Å². The molecule has 0 heterocycles. The lowest BCUT2D eigenvalue weighted by atomic mass is 10.3. The lowest BCUT2D eigenvalue weighted by Gasteiger charge is -1.91. The molecule has 0 unspecified atom stereocenters. The Kier molecular flexibility index (Phi) is 3.44. The second kappa shape index (κ2) is 3.89. The lowest BCUT2D eigenvalue weighted by molar-refractivity contribution is -0.118. The molecule has 0 aliphatic carbocycles. The van der Waals surface area contributed by atoms with Gasteiger partial charge in [0, 0.05) is 13.1 Å². The molecule has 0 fully saturated rings. The van der Waals surface area contributed by atoms with E-state index in [2.05, 4.69) is 11.9 Å². The van der Waals surface area contributed by atoms with Crippen molar-refractivity contribution in [3.05, 3.63) is 24.4 Å². The van der Waals surface area contributed by atoms with Gasteiger partial charge in [-0.2, -0.15) is 0 Å². The van der Waals surface area contributed by atoms with Crippen LogP contribution in [0.5, 0.6) is 0 Å². The molecule has 1 amide bonds. The normalized spacial score (nSPS) is 10.7. The fraction of sp³-hybridized carbons (Fsp3) is 0.286. The van der Waals surface area contributed by atoms with Crippen LogP contribution in [0.15, 0.2) is 24.4 Å². The number of amides is 1. The Hall–Kier alpha value is -1.05. The van der Waals surface area contributed by atoms with Crippen molar-refractivity contribution >= 4 is 5.91 Å². The molecular formula is C7H11NO. The lowest BCUT2D eigenvalue weighted by Crippen LogP contribution is -2.11. The molecule has 2 heteroatoms. The SMILES string of the molecule is C=C/C(C)=C/NC(C)=O. The molecule has 1 N–H and O–H groups in total. The first-order valence-corrected chi connectivity index (χ1v) is 2.73. The molecule has 0 spiro atoms. The molecule has 50 valence electrons. The summed E-state index contributed by atoms with van der Waals surface area (Å²) in [5.74, 6) is -0.0591. The van der Waals surface area contributed by atoms with Gasteiger partial charge in [0.2, 0.25) is 5.91 Å². The minimum absolute atomic E-state index is 0.0591. The molecule has 0 atom stereocenters. The van der Waals surface area contributed by atoms with Gasteiger partial charge < -0.3 is 5.32 Å². The molecule has 0 aromatic rings. The number of hydrogen-bond donors (Lipinski definition) is 1. The van der Waals surface area contributed by atoms with Crippen LogP contribution in [0, 0.1) is 0 Å². The van der Waals surface area contributed by atoms with E-state index in [1.165, 1.54) is 6.92 Å². The third kappa shape index (κ3) is 4.81. The molecule has 0 aromatic heterocycles. The van der Waals surface area contributed by atoms with Crippen LogP contribution in [0.2, 0.25) is 0 Å². The predicted molar refractivity (Wildman–Crippen MR) is 37.8 cm³/mol. The first-order valence-electron chi connectivity index (χ1n) is 2.73. The third-order valence-electron chi connectivity index (χ3n) is 0.825. The van der Waals surface area contributed by atoms with E-state index in [9.17, 15) is 4.79 Å². The predicted octanol–water partition coefficient (Wildman–Crippen LogP) is 1.21. The third-order valence-corrected chi connectivity index (χ3v) is 0.825. The number of rotatable bonds is 2. The zero-order valence-electron chi connectivity index (χ0n) is 5.77. The maximum atomic E-state index is 10.3. The number of allylic oxidation sites excluding steroid dienone is 2. The highest BCUT2D eigenvalue weighted by atomic mass is 16.1. The Bertz CT molecular complexity index is 147. The van der Waals surface area contributed by atoms with Gasteiger partial charge in [0.05, 0.1) is 0 Å². The molecule has 0 saturated heterocycles. The minimum atomic E-state index is -0.0591. The van der Waals surface area contributed by atoms with Crippen LogP contribution in [-0.4, -0.2) is 5.91 Å². The molecule has 0 radical (unpaired) electrons. The van der Waals surface area contributed by atoms with Gasteiger partial charge in [0.15, 0.2) is 0 Å². The topological polar surface area (TPSA) is 29.1 Å². The Labute approximate surface area is 55.3 Å². The Morgan fingerprint density at radius 3 is 2.44 bits per heavy atom. The smallest absolute Gasteiger partial charge is 0.220 e. The molecule has 0 aliphatic heterocycles. The fourth-order valence-electron chi connectivity index (χ4n) is 0.274. The quantitative estimate of drug-likeness (QED) is 0.552. The van der Waals surface area contributed by atoms with Crippen LogP contribution in [-0.2, 0) is 4.79 Å². The summed E-state index contributed by atoms with van der Waals surface area (Å²) in [6.07, 6.45) is 3.30. The first kappa shape index (κ1) is 7.95. The van der Waals surface area contributed by atoms with Crippen LogP contribution in [0.25, 0.3) is 0 Å². The van der Waals surface area contributed by atoms with Crippen molar-refractivity contribution in [2.75, 3.05) is 0 Å². The summed E-state index contributed by atoms with van der Waals surface area (Å²) in [6, 6.07) is 0. The standard InChI is InChI=1S/C7H11NO/c1-4-6(2)5-8-7(3)9/h4-5H,1H2,2-3H3,(H,8,9)/b6-5+. The second-order valence-electron chi connectivity index (χ2n) is 1.79. The zero-order chi connectivity index (χ0) is 7.28. The Balaban J connectivity index is 3.69. The highest BCUT2D eigenvalue weighted by molar-refractivity contribution is 5.74. The molecular weight excluding hydrogens is 114 g/mol. The molecule has 2 nitrogen and oxygen atoms in total. The fourth-order valence-corrected chi connectivity index (χ4v) is 0.274. The van der Waals surface area contributed by atoms with E-state index in [4.69, 9.17) is 0 Å². The van der Waals surface area contributed by atoms with Crippen molar-refractivity contribution in [3.63, 3.8) is 0 Å². The molecule has 0 bridgehead atoms. The summed E-state index contributed by atoms with van der Waals surface area (Å²) in [4.78, 5) is 10.3. The molecule has 0 aromatic carbocycles. The summed E-state index contributed by atoms with van der Waals surface area (Å²) in [7, 11) is 0. The van der Waals surface area contributed by atoms with Crippen molar-refractivity contribution in [1.29, 1.82) is 0 Å². The van der Waals surface area contributed by atoms with Gasteiger partial charge in [-0.15, -0.1) is 0 Å². The number of carbonyl (C=O) groups is 1. The van der Waals surface area contributed by atoms with Crippen molar-refractivity contribution in [2.24, 2.45) is 0 Å². The van der Waals surface area contributed by atoms with Gasteiger partial charge in [-0.1, -0.05) is 12.7 Å². The zero-order valence-corrected chi connectivity index (χ0v) is 5.77. The van der Waals surface area contributed by atoms with Crippen molar-refractivity contribution in [1.82, 2.24) is 5.32 Å². The second-order valence-corrected chi connectivity index (χ2v) is 1.79. The summed E-state index contributed by atoms with van der Waals surface area (Å²) in [5.41, 5.74) is 0.949. The van der Waals surface area contributed by atoms with Crippen molar-refractivity contribution in [3.8, 4) is 0 Å². The molecule has 0 rings (SSSR count). The number of hydrogen-bond acceptors (Lipinski definition) is 1. The minimum Gasteiger partial charge on any atom is -0.333 e. The van der Waals surface area contributed by atoms with E-state index in [-0.39, 0.29) is 5.91 Å². The maximum Gasteiger partial charge on any atom is 0.220 e. The Morgan fingerprint density at radius 2 is 2.11 bits per heavy atom. The summed E-state index contributed by atoms with van der Waals surface area (Å²) >= 11 is 0. The van der Waals surface area contributed by atoms with Crippen LogP contribution < -0.4 is 5.32 Å². The van der Waals surface area contributed by atoms with Gasteiger partial charge in [0.1, 0.15) is 0 Å². The largest absolute Gasteiger partial charge is 0.333 e. The average molecular weight is 125 g/mol. The van der Waals surface area contributed by atoms with Crippen molar-refractivity contribution < 1.29 is 4.79 Å². The van der Waals surface area contributed by atoms with Gasteiger partial charge in [-0.3, -0.25) is 4.79 Å². The van der Waals surface area contributed by atoms with E-state index in [1.807, 2.05) is 6.92 Å². The molecule has 0 saturated carbocycles.